The van der Waals surface area contributed by atoms with Crippen molar-refractivity contribution in [3.8, 4) is 5.75 Å². The van der Waals surface area contributed by atoms with Crippen molar-refractivity contribution >= 4 is 23.5 Å². The number of hydrazine groups is 1. The highest BCUT2D eigenvalue weighted by Crippen LogP contribution is 2.31. The number of carbonyl (C=O) groups is 3. The maximum atomic E-state index is 13.2. The largest absolute Gasteiger partial charge is 0.495 e. The molecule has 4 amide bonds. The van der Waals surface area contributed by atoms with Crippen LogP contribution in [0.25, 0.3) is 0 Å². The van der Waals surface area contributed by atoms with Gasteiger partial charge in [0.1, 0.15) is 5.75 Å². The summed E-state index contributed by atoms with van der Waals surface area (Å²) < 4.78 is 5.40. The number of amides is 4. The number of hydrogen-bond acceptors (Lipinski definition) is 7. The van der Waals surface area contributed by atoms with Gasteiger partial charge in [0.05, 0.1) is 12.8 Å². The zero-order valence-electron chi connectivity index (χ0n) is 18.6. The number of methoxy groups -OCH3 is 1. The van der Waals surface area contributed by atoms with Gasteiger partial charge in [-0.15, -0.1) is 0 Å². The lowest BCUT2D eigenvalue weighted by molar-refractivity contribution is -0.120. The Morgan fingerprint density at radius 3 is 2.47 bits per heavy atom. The summed E-state index contributed by atoms with van der Waals surface area (Å²) in [6.45, 7) is 6.27. The zero-order chi connectivity index (χ0) is 22.7. The summed E-state index contributed by atoms with van der Waals surface area (Å²) in [5, 5.41) is 4.20. The number of hydrogen-bond donors (Lipinski definition) is 2. The monoisotopic (exact) mass is 444 g/mol. The fourth-order valence-electron chi connectivity index (χ4n) is 4.64. The summed E-state index contributed by atoms with van der Waals surface area (Å²) >= 11 is 0. The van der Waals surface area contributed by atoms with Gasteiger partial charge in [-0.1, -0.05) is 0 Å². The summed E-state index contributed by atoms with van der Waals surface area (Å²) in [5.41, 5.74) is 1.00. The van der Waals surface area contributed by atoms with Gasteiger partial charge in [-0.2, -0.15) is 0 Å². The van der Waals surface area contributed by atoms with E-state index in [0.29, 0.717) is 36.0 Å². The van der Waals surface area contributed by atoms with Gasteiger partial charge < -0.3 is 9.64 Å². The van der Waals surface area contributed by atoms with Crippen LogP contribution in [0.5, 0.6) is 5.75 Å². The molecule has 4 rings (SSSR count). The topological polar surface area (TPSA) is 111 Å². The minimum atomic E-state index is -0.502. The Balaban J connectivity index is 1.38. The van der Waals surface area contributed by atoms with Crippen molar-refractivity contribution in [1.82, 2.24) is 20.1 Å². The smallest absolute Gasteiger partial charge is 0.328 e. The molecule has 1 aromatic rings. The summed E-state index contributed by atoms with van der Waals surface area (Å²) in [6.07, 6.45) is 2.46. The Kier molecular flexibility index (Phi) is 6.92. The highest BCUT2D eigenvalue weighted by molar-refractivity contribution is 6.07. The number of benzene rings is 1. The van der Waals surface area contributed by atoms with Crippen LogP contribution >= 0.6 is 0 Å². The van der Waals surface area contributed by atoms with Crippen molar-refractivity contribution in [3.63, 3.8) is 0 Å². The van der Waals surface area contributed by atoms with E-state index in [1.54, 1.807) is 18.2 Å². The van der Waals surface area contributed by atoms with Crippen molar-refractivity contribution < 1.29 is 19.1 Å². The van der Waals surface area contributed by atoms with Gasteiger partial charge in [0.25, 0.3) is 5.91 Å². The average Bonchev–Trinajstić information content (AvgIpc) is 2.80. The quantitative estimate of drug-likeness (QED) is 0.636. The molecule has 3 N–H and O–H groups in total. The van der Waals surface area contributed by atoms with Crippen molar-refractivity contribution in [2.45, 2.75) is 19.3 Å². The second kappa shape index (κ2) is 9.85. The third-order valence-electron chi connectivity index (χ3n) is 6.60. The molecule has 3 heterocycles. The van der Waals surface area contributed by atoms with Crippen molar-refractivity contribution in [2.24, 2.45) is 11.8 Å². The van der Waals surface area contributed by atoms with E-state index < -0.39 is 6.03 Å². The number of urea groups is 1. The molecule has 3 aliphatic heterocycles. The molecule has 32 heavy (non-hydrogen) atoms. The first kappa shape index (κ1) is 22.5. The number of ether oxygens (including phenoxy) is 1. The molecule has 0 atom stereocenters. The van der Waals surface area contributed by atoms with Crippen LogP contribution in [0.2, 0.25) is 0 Å². The van der Waals surface area contributed by atoms with Gasteiger partial charge in [0.15, 0.2) is 0 Å². The molecule has 0 bridgehead atoms. The van der Waals surface area contributed by atoms with Crippen LogP contribution in [0.4, 0.5) is 10.5 Å². The van der Waals surface area contributed by atoms with Crippen LogP contribution < -0.4 is 20.8 Å². The van der Waals surface area contributed by atoms with E-state index in [9.17, 15) is 14.4 Å². The first-order valence-corrected chi connectivity index (χ1v) is 11.2. The molecule has 3 aliphatic rings. The number of imide groups is 1. The molecule has 0 aliphatic carbocycles. The molecule has 1 aromatic carbocycles. The molecule has 0 aromatic heterocycles. The number of carbonyl (C=O) groups excluding carboxylic acids is 3. The van der Waals surface area contributed by atoms with Crippen LogP contribution in [0.15, 0.2) is 18.2 Å². The van der Waals surface area contributed by atoms with Crippen LogP contribution in [0, 0.1) is 5.92 Å². The fourth-order valence-corrected chi connectivity index (χ4v) is 4.64. The molecule has 3 fully saturated rings. The van der Waals surface area contributed by atoms with E-state index >= 15 is 0 Å². The third kappa shape index (κ3) is 5.03. The second-order valence-corrected chi connectivity index (χ2v) is 8.71. The Morgan fingerprint density at radius 1 is 1.09 bits per heavy atom. The number of nitrogens with zero attached hydrogens (tertiary/aromatic N) is 4. The van der Waals surface area contributed by atoms with Gasteiger partial charge in [-0.3, -0.25) is 30.5 Å². The molecule has 3 saturated heterocycles. The molecular formula is C22H32N6O4. The minimum Gasteiger partial charge on any atom is -0.495 e. The zero-order valence-corrected chi connectivity index (χ0v) is 18.6. The summed E-state index contributed by atoms with van der Waals surface area (Å²) in [6, 6.07) is 4.61. The molecule has 10 heteroatoms. The molecule has 0 spiro atoms. The van der Waals surface area contributed by atoms with Crippen molar-refractivity contribution in [2.75, 3.05) is 64.4 Å². The maximum Gasteiger partial charge on any atom is 0.328 e. The molecule has 0 unspecified atom stereocenters. The van der Waals surface area contributed by atoms with E-state index in [-0.39, 0.29) is 24.8 Å². The van der Waals surface area contributed by atoms with E-state index in [0.717, 1.165) is 45.6 Å². The summed E-state index contributed by atoms with van der Waals surface area (Å²) in [5.74, 6) is 6.65. The second-order valence-electron chi connectivity index (χ2n) is 8.71. The van der Waals surface area contributed by atoms with Gasteiger partial charge in [-0.25, -0.2) is 9.80 Å². The van der Waals surface area contributed by atoms with E-state index in [1.807, 2.05) is 9.91 Å². The van der Waals surface area contributed by atoms with E-state index in [4.69, 9.17) is 10.6 Å². The van der Waals surface area contributed by atoms with Gasteiger partial charge in [0.2, 0.25) is 5.91 Å². The van der Waals surface area contributed by atoms with Gasteiger partial charge >= 0.3 is 6.03 Å². The highest BCUT2D eigenvalue weighted by Gasteiger charge is 2.29. The summed E-state index contributed by atoms with van der Waals surface area (Å²) in [4.78, 5) is 42.7. The Labute approximate surface area is 188 Å². The SMILES string of the molecule is COc1ccc(C(=O)N2CCN(CC3CCN(N)CC3)CC2)cc1N1CCC(=O)NC1=O. The average molecular weight is 445 g/mol. The third-order valence-corrected chi connectivity index (χ3v) is 6.60. The van der Waals surface area contributed by atoms with Crippen LogP contribution in [-0.4, -0.2) is 92.1 Å². The number of nitrogens with one attached hydrogen (secondary N) is 1. The number of nitrogens with two attached hydrogens (primary N) is 1. The highest BCUT2D eigenvalue weighted by atomic mass is 16.5. The number of piperazine rings is 1. The number of rotatable bonds is 5. The molecule has 0 saturated carbocycles. The number of piperidine rings is 1. The van der Waals surface area contributed by atoms with E-state index in [2.05, 4.69) is 10.2 Å². The summed E-state index contributed by atoms with van der Waals surface area (Å²) in [7, 11) is 1.52. The maximum absolute atomic E-state index is 13.2. The van der Waals surface area contributed by atoms with Crippen LogP contribution in [-0.2, 0) is 4.79 Å². The van der Waals surface area contributed by atoms with E-state index in [1.165, 1.54) is 12.0 Å². The molecule has 174 valence electrons. The first-order valence-electron chi connectivity index (χ1n) is 11.2. The van der Waals surface area contributed by atoms with Gasteiger partial charge in [0, 0.05) is 64.3 Å². The molecule has 10 nitrogen and oxygen atoms in total. The van der Waals surface area contributed by atoms with Gasteiger partial charge in [-0.05, 0) is 37.0 Å². The fraction of sp³-hybridized carbons (Fsp3) is 0.591. The van der Waals surface area contributed by atoms with Crippen molar-refractivity contribution in [1.29, 1.82) is 0 Å². The Bertz CT molecular complexity index is 862. The molecule has 0 radical (unpaired) electrons. The predicted octanol–water partition coefficient (Wildman–Crippen LogP) is 0.485. The predicted molar refractivity (Wildman–Crippen MR) is 119 cm³/mol. The standard InChI is InChI=1S/C22H32N6O4/c1-32-19-3-2-17(14-18(19)28-9-6-20(29)24-22(28)31)21(30)26-12-10-25(11-13-26)15-16-4-7-27(23)8-5-16/h2-3,14,16H,4-13,15,23H2,1H3,(H,24,29,31). The normalized spacial score (nSPS) is 21.6. The lowest BCUT2D eigenvalue weighted by atomic mass is 9.97. The minimum absolute atomic E-state index is 0.0570. The Hall–Kier alpha value is -2.69. The van der Waals surface area contributed by atoms with Crippen molar-refractivity contribution in [3.05, 3.63) is 23.8 Å². The Morgan fingerprint density at radius 2 is 1.81 bits per heavy atom. The van der Waals surface area contributed by atoms with Crippen LogP contribution in [0.1, 0.15) is 29.6 Å². The number of anilines is 1. The van der Waals surface area contributed by atoms with Crippen LogP contribution in [0.3, 0.4) is 0 Å². The first-order chi connectivity index (χ1) is 15.4. The lowest BCUT2D eigenvalue weighted by Gasteiger charge is -2.38. The molecular weight excluding hydrogens is 412 g/mol. The lowest BCUT2D eigenvalue weighted by Crippen LogP contribution is -2.51.